The molecule has 1 heterocycles. The molecule has 0 saturated heterocycles. The summed E-state index contributed by atoms with van der Waals surface area (Å²) >= 11 is 0.844. The Kier molecular flexibility index (Phi) is 12.5. The fourth-order valence-corrected chi connectivity index (χ4v) is 5.89. The molecule has 0 bridgehead atoms. The second-order valence-corrected chi connectivity index (χ2v) is 13.1. The largest absolute Gasteiger partial charge is 0.514 e. The number of amides is 2. The van der Waals surface area contributed by atoms with Crippen LogP contribution in [0.15, 0.2) is 66.0 Å². The number of anilines is 1. The standard InChI is InChI=1S/C37H33F5N2O9S/c1-6-20(3)52-34(49)36(33(47)48,27-8-7-15-54-27)18-51-35(50)53-30-25(38)17-26(28(29(30)39)32(46)44(4)5)43-31(45)23-14-9-19(2)16-24(23)21-10-12-22(13-11-21)37(40,41)42/h7-17,20H,6,18H2,1-5H3,(H,43,45)(H,47,48). The number of aliphatic carboxylic acids is 1. The summed E-state index contributed by atoms with van der Waals surface area (Å²) in [7, 11) is 2.42. The van der Waals surface area contributed by atoms with E-state index in [0.717, 1.165) is 40.5 Å². The quantitative estimate of drug-likeness (QED) is 0.0635. The van der Waals surface area contributed by atoms with Crippen molar-refractivity contribution in [1.29, 1.82) is 0 Å². The average Bonchev–Trinajstić information content (AvgIpc) is 3.65. The van der Waals surface area contributed by atoms with E-state index in [0.29, 0.717) is 18.1 Å². The minimum atomic E-state index is -4.62. The van der Waals surface area contributed by atoms with E-state index in [1.54, 1.807) is 13.8 Å². The Balaban J connectivity index is 1.68. The maximum absolute atomic E-state index is 16.1. The summed E-state index contributed by atoms with van der Waals surface area (Å²) in [6.45, 7) is 3.64. The van der Waals surface area contributed by atoms with E-state index >= 15 is 8.78 Å². The van der Waals surface area contributed by atoms with Crippen molar-refractivity contribution in [2.45, 2.75) is 44.9 Å². The number of hydrogen-bond donors (Lipinski definition) is 2. The summed E-state index contributed by atoms with van der Waals surface area (Å²) in [6.07, 6.45) is -6.87. The molecule has 1 aromatic heterocycles. The van der Waals surface area contributed by atoms with Gasteiger partial charge < -0.3 is 29.5 Å². The predicted molar refractivity (Wildman–Crippen MR) is 185 cm³/mol. The number of carbonyl (C=O) groups excluding carboxylic acids is 4. The molecule has 11 nitrogen and oxygen atoms in total. The van der Waals surface area contributed by atoms with Crippen LogP contribution in [0.4, 0.5) is 32.4 Å². The average molecular weight is 777 g/mol. The summed E-state index contributed by atoms with van der Waals surface area (Å²) in [5.74, 6) is -9.98. The molecule has 0 aliphatic carbocycles. The van der Waals surface area contributed by atoms with Gasteiger partial charge in [-0.2, -0.15) is 13.2 Å². The molecule has 3 aromatic carbocycles. The minimum absolute atomic E-state index is 0.0810. The van der Waals surface area contributed by atoms with Crippen molar-refractivity contribution in [3.05, 3.63) is 105 Å². The zero-order chi connectivity index (χ0) is 40.1. The summed E-state index contributed by atoms with van der Waals surface area (Å²) in [5, 5.41) is 13.9. The molecule has 0 saturated carbocycles. The van der Waals surface area contributed by atoms with Gasteiger partial charge in [0, 0.05) is 30.6 Å². The van der Waals surface area contributed by atoms with Gasteiger partial charge >= 0.3 is 24.3 Å². The van der Waals surface area contributed by atoms with Crippen LogP contribution in [0.3, 0.4) is 0 Å². The van der Waals surface area contributed by atoms with Crippen molar-refractivity contribution >= 4 is 46.9 Å². The molecule has 17 heteroatoms. The topological polar surface area (TPSA) is 149 Å². The highest BCUT2D eigenvalue weighted by atomic mass is 32.1. The number of aryl methyl sites for hydroxylation is 1. The van der Waals surface area contributed by atoms with Crippen LogP contribution in [-0.4, -0.2) is 66.7 Å². The smallest absolute Gasteiger partial charge is 0.480 e. The van der Waals surface area contributed by atoms with E-state index in [1.807, 2.05) is 0 Å². The van der Waals surface area contributed by atoms with Gasteiger partial charge in [-0.15, -0.1) is 11.3 Å². The van der Waals surface area contributed by atoms with E-state index in [9.17, 15) is 42.3 Å². The van der Waals surface area contributed by atoms with Crippen molar-refractivity contribution in [3.63, 3.8) is 0 Å². The summed E-state index contributed by atoms with van der Waals surface area (Å²) in [5.41, 5.74) is -4.31. The molecule has 2 amide bonds. The number of rotatable bonds is 12. The first-order chi connectivity index (χ1) is 25.3. The van der Waals surface area contributed by atoms with Gasteiger partial charge in [-0.3, -0.25) is 19.2 Å². The van der Waals surface area contributed by atoms with Gasteiger partial charge in [-0.25, -0.2) is 13.6 Å². The van der Waals surface area contributed by atoms with Crippen LogP contribution in [0, 0.1) is 18.6 Å². The van der Waals surface area contributed by atoms with E-state index in [-0.39, 0.29) is 21.6 Å². The summed E-state index contributed by atoms with van der Waals surface area (Å²) < 4.78 is 86.1. The molecule has 4 rings (SSSR count). The Morgan fingerprint density at radius 3 is 2.20 bits per heavy atom. The second kappa shape index (κ2) is 16.4. The van der Waals surface area contributed by atoms with E-state index in [1.165, 1.54) is 56.7 Å². The zero-order valence-electron chi connectivity index (χ0n) is 29.3. The van der Waals surface area contributed by atoms with Crippen LogP contribution in [0.25, 0.3) is 11.1 Å². The van der Waals surface area contributed by atoms with E-state index in [2.05, 4.69) is 5.32 Å². The monoisotopic (exact) mass is 776 g/mol. The maximum Gasteiger partial charge on any atom is 0.514 e. The van der Waals surface area contributed by atoms with Gasteiger partial charge in [0.15, 0.2) is 11.6 Å². The molecule has 0 aliphatic rings. The molecular weight excluding hydrogens is 743 g/mol. The van der Waals surface area contributed by atoms with Gasteiger partial charge in [-0.1, -0.05) is 42.8 Å². The van der Waals surface area contributed by atoms with Gasteiger partial charge in [0.05, 0.1) is 17.4 Å². The van der Waals surface area contributed by atoms with E-state index < -0.39 is 88.4 Å². The zero-order valence-corrected chi connectivity index (χ0v) is 30.1. The first-order valence-electron chi connectivity index (χ1n) is 16.0. The molecule has 0 spiro atoms. The van der Waals surface area contributed by atoms with Crippen LogP contribution in [-0.2, 0) is 30.7 Å². The highest BCUT2D eigenvalue weighted by Gasteiger charge is 2.53. The minimum Gasteiger partial charge on any atom is -0.480 e. The lowest BCUT2D eigenvalue weighted by atomic mass is 9.87. The Labute approximate surface area is 309 Å². The first kappa shape index (κ1) is 40.9. The molecule has 54 heavy (non-hydrogen) atoms. The van der Waals surface area contributed by atoms with Crippen molar-refractivity contribution in [1.82, 2.24) is 4.90 Å². The van der Waals surface area contributed by atoms with Gasteiger partial charge in [-0.05, 0) is 61.0 Å². The number of nitrogens with zero attached hydrogens (tertiary/aromatic N) is 1. The third kappa shape index (κ3) is 8.68. The molecule has 286 valence electrons. The second-order valence-electron chi connectivity index (χ2n) is 12.2. The van der Waals surface area contributed by atoms with Gasteiger partial charge in [0.25, 0.3) is 11.8 Å². The van der Waals surface area contributed by atoms with Crippen LogP contribution in [0.2, 0.25) is 0 Å². The van der Waals surface area contributed by atoms with Crippen LogP contribution < -0.4 is 10.1 Å². The fraction of sp³-hybridized carbons (Fsp3) is 0.270. The molecule has 4 aromatic rings. The molecule has 2 N–H and O–H groups in total. The maximum atomic E-state index is 16.1. The highest BCUT2D eigenvalue weighted by molar-refractivity contribution is 7.10. The van der Waals surface area contributed by atoms with Crippen molar-refractivity contribution in [2.75, 3.05) is 26.0 Å². The van der Waals surface area contributed by atoms with E-state index in [4.69, 9.17) is 14.2 Å². The summed E-state index contributed by atoms with van der Waals surface area (Å²) in [6, 6.07) is 11.5. The fourth-order valence-electron chi connectivity index (χ4n) is 5.00. The number of alkyl halides is 3. The molecular formula is C37H33F5N2O9S. The number of hydrogen-bond acceptors (Lipinski definition) is 9. The molecule has 2 unspecified atom stereocenters. The van der Waals surface area contributed by atoms with Crippen LogP contribution in [0.1, 0.15) is 57.0 Å². The number of ether oxygens (including phenoxy) is 3. The van der Waals surface area contributed by atoms with Crippen LogP contribution >= 0.6 is 11.3 Å². The molecule has 0 fully saturated rings. The number of nitrogens with one attached hydrogen (secondary N) is 1. The third-order valence-corrected chi connectivity index (χ3v) is 9.15. The number of halogens is 5. The molecule has 0 radical (unpaired) electrons. The van der Waals surface area contributed by atoms with Crippen molar-refractivity contribution in [2.24, 2.45) is 0 Å². The molecule has 0 aliphatic heterocycles. The Morgan fingerprint density at radius 1 is 0.981 bits per heavy atom. The lowest BCUT2D eigenvalue weighted by Gasteiger charge is -2.27. The number of carboxylic acids is 1. The normalized spacial score (nSPS) is 12.9. The van der Waals surface area contributed by atoms with Crippen LogP contribution in [0.5, 0.6) is 5.75 Å². The lowest BCUT2D eigenvalue weighted by molar-refractivity contribution is -0.167. The highest BCUT2D eigenvalue weighted by Crippen LogP contribution is 2.36. The molecule has 2 atom stereocenters. The number of thiophene rings is 1. The predicted octanol–water partition coefficient (Wildman–Crippen LogP) is 7.85. The lowest BCUT2D eigenvalue weighted by Crippen LogP contribution is -2.49. The van der Waals surface area contributed by atoms with Gasteiger partial charge in [0.2, 0.25) is 11.2 Å². The SMILES string of the molecule is CCC(C)OC(=O)C(COC(=O)Oc1c(F)cc(NC(=O)c2ccc(C)cc2-c2ccc(C(F)(F)F)cc2)c(C(=O)N(C)C)c1F)(C(=O)O)c1cccs1. The summed E-state index contributed by atoms with van der Waals surface area (Å²) in [4.78, 5) is 66.1. The Hall–Kier alpha value is -5.84. The first-order valence-corrected chi connectivity index (χ1v) is 16.9. The number of benzene rings is 3. The van der Waals surface area contributed by atoms with Gasteiger partial charge in [0.1, 0.15) is 12.2 Å². The Bertz CT molecular complexity index is 2070. The third-order valence-electron chi connectivity index (χ3n) is 8.12. The number of carboxylic acid groups (broad SMARTS) is 1. The van der Waals surface area contributed by atoms with Crippen molar-refractivity contribution in [3.8, 4) is 16.9 Å². The number of carbonyl (C=O) groups is 5. The van der Waals surface area contributed by atoms with Crippen molar-refractivity contribution < 1.29 is 65.2 Å². The Morgan fingerprint density at radius 2 is 1.65 bits per heavy atom. The number of esters is 1.